The lowest BCUT2D eigenvalue weighted by atomic mass is 10.0. The van der Waals surface area contributed by atoms with E-state index in [1.807, 2.05) is 0 Å². The van der Waals surface area contributed by atoms with Crippen LogP contribution in [0, 0.1) is 0 Å². The van der Waals surface area contributed by atoms with Gasteiger partial charge in [-0.1, -0.05) is 6.92 Å². The molecular formula is C11H22N2O. The van der Waals surface area contributed by atoms with E-state index in [2.05, 4.69) is 30.6 Å². The van der Waals surface area contributed by atoms with E-state index in [1.165, 1.54) is 26.2 Å². The van der Waals surface area contributed by atoms with E-state index in [4.69, 9.17) is 4.74 Å². The second kappa shape index (κ2) is 4.17. The van der Waals surface area contributed by atoms with E-state index in [1.54, 1.807) is 0 Å². The fourth-order valence-electron chi connectivity index (χ4n) is 2.58. The predicted octanol–water partition coefficient (Wildman–Crippen LogP) is 0.800. The Kier molecular flexibility index (Phi) is 3.10. The molecule has 0 unspecified atom stereocenters. The van der Waals surface area contributed by atoms with E-state index in [0.717, 1.165) is 6.61 Å². The van der Waals surface area contributed by atoms with Gasteiger partial charge in [0.1, 0.15) is 0 Å². The molecule has 0 aromatic rings. The molecule has 0 radical (unpaired) electrons. The fraction of sp³-hybridized carbons (Fsp3) is 1.00. The van der Waals surface area contributed by atoms with Crippen molar-refractivity contribution < 1.29 is 4.74 Å². The fourth-order valence-corrected chi connectivity index (χ4v) is 2.58. The number of ether oxygens (including phenoxy) is 1. The zero-order valence-electron chi connectivity index (χ0n) is 9.57. The van der Waals surface area contributed by atoms with Gasteiger partial charge in [-0.2, -0.15) is 0 Å². The number of likely N-dealkylation sites (N-methyl/N-ethyl adjacent to an activating group) is 1. The second-order valence-corrected chi connectivity index (χ2v) is 4.56. The van der Waals surface area contributed by atoms with Crippen molar-refractivity contribution in [3.63, 3.8) is 0 Å². The zero-order valence-corrected chi connectivity index (χ0v) is 9.57. The number of nitrogens with zero attached hydrogens (tertiary/aromatic N) is 2. The molecule has 2 fully saturated rings. The van der Waals surface area contributed by atoms with Crippen LogP contribution < -0.4 is 0 Å². The molecule has 2 aliphatic rings. The standard InChI is InChI=1S/C11H22N2O/c1-4-12-5-6-13-9(2)10(3)14-8-11(13)7-12/h9-11H,4-8H2,1-3H3/t9-,10+,11+/m1/s1. The number of rotatable bonds is 1. The highest BCUT2D eigenvalue weighted by Crippen LogP contribution is 2.21. The molecule has 3 heteroatoms. The van der Waals surface area contributed by atoms with Gasteiger partial charge in [0.2, 0.25) is 0 Å². The zero-order chi connectivity index (χ0) is 10.1. The second-order valence-electron chi connectivity index (χ2n) is 4.56. The lowest BCUT2D eigenvalue weighted by molar-refractivity contribution is -0.113. The molecule has 0 aliphatic carbocycles. The highest BCUT2D eigenvalue weighted by molar-refractivity contribution is 4.90. The Balaban J connectivity index is 1.98. The molecule has 14 heavy (non-hydrogen) atoms. The van der Waals surface area contributed by atoms with Gasteiger partial charge in [-0.3, -0.25) is 4.90 Å². The normalized spacial score (nSPS) is 40.9. The van der Waals surface area contributed by atoms with Crippen LogP contribution in [0.1, 0.15) is 20.8 Å². The minimum atomic E-state index is 0.402. The maximum absolute atomic E-state index is 5.78. The molecule has 3 nitrogen and oxygen atoms in total. The highest BCUT2D eigenvalue weighted by atomic mass is 16.5. The van der Waals surface area contributed by atoms with Gasteiger partial charge in [-0.25, -0.2) is 0 Å². The molecule has 0 amide bonds. The van der Waals surface area contributed by atoms with Gasteiger partial charge in [0, 0.05) is 31.7 Å². The summed E-state index contributed by atoms with van der Waals surface area (Å²) in [6.07, 6.45) is 0.402. The first-order chi connectivity index (χ1) is 6.72. The summed E-state index contributed by atoms with van der Waals surface area (Å²) in [4.78, 5) is 5.15. The van der Waals surface area contributed by atoms with Gasteiger partial charge < -0.3 is 9.64 Å². The Bertz CT molecular complexity index is 198. The van der Waals surface area contributed by atoms with Crippen LogP contribution in [0.3, 0.4) is 0 Å². The number of piperazine rings is 1. The van der Waals surface area contributed by atoms with Crippen molar-refractivity contribution in [2.75, 3.05) is 32.8 Å². The number of fused-ring (bicyclic) bond motifs is 1. The maximum Gasteiger partial charge on any atom is 0.0700 e. The third kappa shape index (κ3) is 1.81. The minimum Gasteiger partial charge on any atom is -0.375 e. The van der Waals surface area contributed by atoms with Crippen LogP contribution in [-0.4, -0.2) is 60.8 Å². The summed E-state index contributed by atoms with van der Waals surface area (Å²) in [6.45, 7) is 12.4. The Labute approximate surface area is 87.0 Å². The third-order valence-corrected chi connectivity index (χ3v) is 3.81. The number of hydrogen-bond donors (Lipinski definition) is 0. The third-order valence-electron chi connectivity index (χ3n) is 3.81. The first-order valence-electron chi connectivity index (χ1n) is 5.82. The lowest BCUT2D eigenvalue weighted by Crippen LogP contribution is -2.63. The summed E-state index contributed by atoms with van der Waals surface area (Å²) in [6, 6.07) is 1.22. The van der Waals surface area contributed by atoms with Crippen LogP contribution in [-0.2, 0) is 4.74 Å². The van der Waals surface area contributed by atoms with E-state index < -0.39 is 0 Å². The summed E-state index contributed by atoms with van der Waals surface area (Å²) in [5.74, 6) is 0. The van der Waals surface area contributed by atoms with Crippen molar-refractivity contribution in [2.45, 2.75) is 39.0 Å². The molecule has 0 aromatic carbocycles. The number of morpholine rings is 1. The highest BCUT2D eigenvalue weighted by Gasteiger charge is 2.36. The molecule has 0 N–H and O–H groups in total. The van der Waals surface area contributed by atoms with Crippen molar-refractivity contribution in [3.8, 4) is 0 Å². The van der Waals surface area contributed by atoms with Crippen LogP contribution in [0.2, 0.25) is 0 Å². The minimum absolute atomic E-state index is 0.402. The summed E-state index contributed by atoms with van der Waals surface area (Å²) < 4.78 is 5.78. The Morgan fingerprint density at radius 1 is 1.29 bits per heavy atom. The monoisotopic (exact) mass is 198 g/mol. The van der Waals surface area contributed by atoms with Crippen LogP contribution in [0.4, 0.5) is 0 Å². The Morgan fingerprint density at radius 2 is 2.07 bits per heavy atom. The lowest BCUT2D eigenvalue weighted by Gasteiger charge is -2.49. The first-order valence-corrected chi connectivity index (χ1v) is 5.82. The Morgan fingerprint density at radius 3 is 2.79 bits per heavy atom. The van der Waals surface area contributed by atoms with Crippen LogP contribution in [0.15, 0.2) is 0 Å². The summed E-state index contributed by atoms with van der Waals surface area (Å²) in [5.41, 5.74) is 0. The first kappa shape index (κ1) is 10.4. The molecule has 0 aromatic heterocycles. The SMILES string of the molecule is CCN1CCN2[C@H](CO[C@@H](C)[C@H]2C)C1. The van der Waals surface area contributed by atoms with Gasteiger partial charge in [-0.05, 0) is 20.4 Å². The largest absolute Gasteiger partial charge is 0.375 e. The molecule has 82 valence electrons. The molecule has 2 rings (SSSR count). The average molecular weight is 198 g/mol. The van der Waals surface area contributed by atoms with Crippen molar-refractivity contribution >= 4 is 0 Å². The summed E-state index contributed by atoms with van der Waals surface area (Å²) in [5, 5.41) is 0. The van der Waals surface area contributed by atoms with Gasteiger partial charge in [0.05, 0.1) is 12.7 Å². The molecule has 2 saturated heterocycles. The van der Waals surface area contributed by atoms with E-state index in [9.17, 15) is 0 Å². The number of hydrogen-bond acceptors (Lipinski definition) is 3. The van der Waals surface area contributed by atoms with Gasteiger partial charge >= 0.3 is 0 Å². The quantitative estimate of drug-likeness (QED) is 0.620. The van der Waals surface area contributed by atoms with E-state index in [-0.39, 0.29) is 0 Å². The van der Waals surface area contributed by atoms with Crippen molar-refractivity contribution in [1.29, 1.82) is 0 Å². The van der Waals surface area contributed by atoms with Gasteiger partial charge in [0.15, 0.2) is 0 Å². The van der Waals surface area contributed by atoms with E-state index >= 15 is 0 Å². The summed E-state index contributed by atoms with van der Waals surface area (Å²) >= 11 is 0. The molecule has 0 saturated carbocycles. The van der Waals surface area contributed by atoms with Crippen molar-refractivity contribution in [3.05, 3.63) is 0 Å². The molecule has 0 spiro atoms. The molecule has 3 atom stereocenters. The molecule has 0 bridgehead atoms. The van der Waals surface area contributed by atoms with Gasteiger partial charge in [0.25, 0.3) is 0 Å². The molecule has 2 aliphatic heterocycles. The predicted molar refractivity (Wildman–Crippen MR) is 57.5 cm³/mol. The molecular weight excluding hydrogens is 176 g/mol. The van der Waals surface area contributed by atoms with Crippen molar-refractivity contribution in [2.24, 2.45) is 0 Å². The van der Waals surface area contributed by atoms with Crippen LogP contribution >= 0.6 is 0 Å². The maximum atomic E-state index is 5.78. The van der Waals surface area contributed by atoms with Crippen molar-refractivity contribution in [1.82, 2.24) is 9.80 Å². The van der Waals surface area contributed by atoms with Crippen LogP contribution in [0.5, 0.6) is 0 Å². The average Bonchev–Trinajstić information content (AvgIpc) is 2.23. The summed E-state index contributed by atoms with van der Waals surface area (Å²) in [7, 11) is 0. The molecule has 2 heterocycles. The van der Waals surface area contributed by atoms with E-state index in [0.29, 0.717) is 18.2 Å². The Hall–Kier alpha value is -0.120. The van der Waals surface area contributed by atoms with Crippen LogP contribution in [0.25, 0.3) is 0 Å². The van der Waals surface area contributed by atoms with Gasteiger partial charge in [-0.15, -0.1) is 0 Å². The topological polar surface area (TPSA) is 15.7 Å². The smallest absolute Gasteiger partial charge is 0.0700 e.